The van der Waals surface area contributed by atoms with Gasteiger partial charge in [0, 0.05) is 6.61 Å². The minimum Gasteiger partial charge on any atom is -0.394 e. The number of aliphatic hydroxyl groups is 1. The van der Waals surface area contributed by atoms with Crippen LogP contribution in [0, 0.1) is 0 Å². The molecule has 14 heavy (non-hydrogen) atoms. The van der Waals surface area contributed by atoms with Gasteiger partial charge in [-0.2, -0.15) is 0 Å². The van der Waals surface area contributed by atoms with Crippen LogP contribution in [0.1, 0.15) is 13.8 Å². The summed E-state index contributed by atoms with van der Waals surface area (Å²) in [5.74, 6) is 0. The largest absolute Gasteiger partial charge is 0.394 e. The average Bonchev–Trinajstić information content (AvgIpc) is 2.45. The smallest absolute Gasteiger partial charge is 0.260 e. The standard InChI is InChI=1S/C8H17O5P/c1-3-11-8-13-7(5-9)6-14(8,10)12-4-2/h7-9H,3-6H2,1-2H3. The topological polar surface area (TPSA) is 65.0 Å². The third-order valence-corrected chi connectivity index (χ3v) is 4.47. The predicted molar refractivity (Wildman–Crippen MR) is 51.5 cm³/mol. The van der Waals surface area contributed by atoms with E-state index in [0.29, 0.717) is 13.2 Å². The second-order valence-corrected chi connectivity index (χ2v) is 5.53. The van der Waals surface area contributed by atoms with E-state index >= 15 is 0 Å². The van der Waals surface area contributed by atoms with Gasteiger partial charge in [0.1, 0.15) is 0 Å². The first kappa shape index (κ1) is 12.1. The lowest BCUT2D eigenvalue weighted by molar-refractivity contribution is -0.111. The Morgan fingerprint density at radius 3 is 2.71 bits per heavy atom. The van der Waals surface area contributed by atoms with Crippen molar-refractivity contribution < 1.29 is 23.7 Å². The summed E-state index contributed by atoms with van der Waals surface area (Å²) in [6.07, 6.45) is -0.189. The average molecular weight is 224 g/mol. The molecule has 0 aromatic heterocycles. The maximum Gasteiger partial charge on any atom is 0.260 e. The number of hydrogen-bond donors (Lipinski definition) is 1. The maximum absolute atomic E-state index is 12.1. The molecule has 0 bridgehead atoms. The molecule has 1 aliphatic heterocycles. The van der Waals surface area contributed by atoms with Crippen LogP contribution >= 0.6 is 7.37 Å². The van der Waals surface area contributed by atoms with E-state index in [4.69, 9.17) is 19.1 Å². The molecule has 0 aromatic rings. The zero-order chi connectivity index (χ0) is 10.6. The first-order valence-corrected chi connectivity index (χ1v) is 6.65. The minimum absolute atomic E-state index is 0.152. The normalized spacial score (nSPS) is 37.6. The number of hydrogen-bond acceptors (Lipinski definition) is 5. The molecule has 3 atom stereocenters. The van der Waals surface area contributed by atoms with Crippen LogP contribution in [0.25, 0.3) is 0 Å². The summed E-state index contributed by atoms with van der Waals surface area (Å²) in [5.41, 5.74) is 0. The molecule has 1 saturated heterocycles. The Balaban J connectivity index is 2.65. The summed E-state index contributed by atoms with van der Waals surface area (Å²) in [5, 5.41) is 8.90. The Labute approximate surface area is 83.8 Å². The third-order valence-electron chi connectivity index (χ3n) is 1.95. The van der Waals surface area contributed by atoms with Crippen LogP contribution in [0.4, 0.5) is 0 Å². The number of aliphatic hydroxyl groups excluding tert-OH is 1. The van der Waals surface area contributed by atoms with Crippen molar-refractivity contribution in [2.75, 3.05) is 26.0 Å². The van der Waals surface area contributed by atoms with Gasteiger partial charge in [0.25, 0.3) is 7.37 Å². The molecule has 1 rings (SSSR count). The van der Waals surface area contributed by atoms with Gasteiger partial charge in [-0.25, -0.2) is 0 Å². The molecule has 1 fully saturated rings. The molecule has 5 nitrogen and oxygen atoms in total. The molecule has 0 saturated carbocycles. The molecule has 0 aliphatic carbocycles. The molecular weight excluding hydrogens is 207 g/mol. The van der Waals surface area contributed by atoms with E-state index in [2.05, 4.69) is 0 Å². The molecule has 6 heteroatoms. The maximum atomic E-state index is 12.1. The van der Waals surface area contributed by atoms with Crippen molar-refractivity contribution in [3.05, 3.63) is 0 Å². The molecule has 1 N–H and O–H groups in total. The zero-order valence-corrected chi connectivity index (χ0v) is 9.40. The molecule has 3 unspecified atom stereocenters. The first-order valence-electron chi connectivity index (χ1n) is 4.77. The van der Waals surface area contributed by atoms with Crippen LogP contribution in [-0.2, 0) is 18.6 Å². The Hall–Kier alpha value is 0.0700. The lowest BCUT2D eigenvalue weighted by Crippen LogP contribution is -2.17. The Morgan fingerprint density at radius 2 is 2.21 bits per heavy atom. The molecular formula is C8H17O5P. The Morgan fingerprint density at radius 1 is 1.50 bits per heavy atom. The van der Waals surface area contributed by atoms with Gasteiger partial charge in [0.15, 0.2) is 0 Å². The van der Waals surface area contributed by atoms with E-state index in [9.17, 15) is 4.57 Å². The highest BCUT2D eigenvalue weighted by Gasteiger charge is 2.46. The van der Waals surface area contributed by atoms with Crippen LogP contribution in [-0.4, -0.2) is 43.2 Å². The fraction of sp³-hybridized carbons (Fsp3) is 1.00. The van der Waals surface area contributed by atoms with Gasteiger partial charge in [-0.05, 0) is 13.8 Å². The van der Waals surface area contributed by atoms with E-state index < -0.39 is 19.5 Å². The van der Waals surface area contributed by atoms with Gasteiger partial charge in [-0.1, -0.05) is 0 Å². The zero-order valence-electron chi connectivity index (χ0n) is 8.51. The SMILES string of the molecule is CCOC1OC(CO)CP1(=O)OCC. The van der Waals surface area contributed by atoms with Crippen molar-refractivity contribution in [3.63, 3.8) is 0 Å². The molecule has 84 valence electrons. The lowest BCUT2D eigenvalue weighted by Gasteiger charge is -2.17. The second kappa shape index (κ2) is 5.24. The van der Waals surface area contributed by atoms with Crippen molar-refractivity contribution in [2.24, 2.45) is 0 Å². The van der Waals surface area contributed by atoms with E-state index in [1.165, 1.54) is 0 Å². The van der Waals surface area contributed by atoms with Crippen molar-refractivity contribution in [3.8, 4) is 0 Å². The van der Waals surface area contributed by atoms with E-state index in [1.54, 1.807) is 13.8 Å². The van der Waals surface area contributed by atoms with Gasteiger partial charge in [0.05, 0.1) is 25.5 Å². The van der Waals surface area contributed by atoms with Crippen LogP contribution in [0.3, 0.4) is 0 Å². The molecule has 0 radical (unpaired) electrons. The van der Waals surface area contributed by atoms with Gasteiger partial charge in [-0.15, -0.1) is 0 Å². The summed E-state index contributed by atoms with van der Waals surface area (Å²) in [6, 6.07) is -0.801. The van der Waals surface area contributed by atoms with Crippen molar-refractivity contribution >= 4 is 7.37 Å². The van der Waals surface area contributed by atoms with Gasteiger partial charge in [0.2, 0.25) is 6.03 Å². The van der Waals surface area contributed by atoms with Crippen LogP contribution in [0.15, 0.2) is 0 Å². The highest BCUT2D eigenvalue weighted by Crippen LogP contribution is 2.58. The van der Waals surface area contributed by atoms with E-state index in [1.807, 2.05) is 0 Å². The summed E-state index contributed by atoms with van der Waals surface area (Å²) < 4.78 is 27.7. The summed E-state index contributed by atoms with van der Waals surface area (Å²) >= 11 is 0. The van der Waals surface area contributed by atoms with E-state index in [0.717, 1.165) is 0 Å². The molecule has 0 aromatic carbocycles. The van der Waals surface area contributed by atoms with Gasteiger partial charge < -0.3 is 19.1 Å². The monoisotopic (exact) mass is 224 g/mol. The van der Waals surface area contributed by atoms with Crippen LogP contribution in [0.2, 0.25) is 0 Å². The predicted octanol–water partition coefficient (Wildman–Crippen LogP) is 1.01. The summed E-state index contributed by atoms with van der Waals surface area (Å²) in [4.78, 5) is 0. The molecule has 1 heterocycles. The minimum atomic E-state index is -2.87. The van der Waals surface area contributed by atoms with Crippen molar-refractivity contribution in [1.29, 1.82) is 0 Å². The Kier molecular flexibility index (Phi) is 4.54. The van der Waals surface area contributed by atoms with Gasteiger partial charge in [-0.3, -0.25) is 4.57 Å². The van der Waals surface area contributed by atoms with Crippen molar-refractivity contribution in [1.82, 2.24) is 0 Å². The Bertz CT molecular complexity index is 220. The summed E-state index contributed by atoms with van der Waals surface area (Å²) in [7, 11) is -2.87. The van der Waals surface area contributed by atoms with Gasteiger partial charge >= 0.3 is 0 Å². The quantitative estimate of drug-likeness (QED) is 0.706. The highest BCUT2D eigenvalue weighted by atomic mass is 31.2. The molecule has 0 amide bonds. The second-order valence-electron chi connectivity index (χ2n) is 3.03. The summed E-state index contributed by atoms with van der Waals surface area (Å²) in [6.45, 7) is 4.20. The molecule has 0 spiro atoms. The number of rotatable bonds is 5. The fourth-order valence-corrected chi connectivity index (χ4v) is 3.74. The number of ether oxygens (including phenoxy) is 2. The van der Waals surface area contributed by atoms with Crippen LogP contribution < -0.4 is 0 Å². The fourth-order valence-electron chi connectivity index (χ4n) is 1.40. The molecule has 1 aliphatic rings. The third kappa shape index (κ3) is 2.55. The highest BCUT2D eigenvalue weighted by molar-refractivity contribution is 7.59. The first-order chi connectivity index (χ1) is 6.66. The van der Waals surface area contributed by atoms with E-state index in [-0.39, 0.29) is 12.8 Å². The lowest BCUT2D eigenvalue weighted by atomic mass is 10.4. The van der Waals surface area contributed by atoms with Crippen molar-refractivity contribution in [2.45, 2.75) is 26.0 Å². The van der Waals surface area contributed by atoms with Crippen LogP contribution in [0.5, 0.6) is 0 Å².